The van der Waals surface area contributed by atoms with Crippen LogP contribution in [0, 0.1) is 6.92 Å². The van der Waals surface area contributed by atoms with E-state index in [1.165, 1.54) is 0 Å². The van der Waals surface area contributed by atoms with Crippen molar-refractivity contribution in [3.63, 3.8) is 0 Å². The van der Waals surface area contributed by atoms with Gasteiger partial charge in [0.1, 0.15) is 5.01 Å². The van der Waals surface area contributed by atoms with Gasteiger partial charge in [-0.1, -0.05) is 18.2 Å². The lowest BCUT2D eigenvalue weighted by atomic mass is 10.0. The highest BCUT2D eigenvalue weighted by molar-refractivity contribution is 7.09. The number of nitrogens with zero attached hydrogens (tertiary/aromatic N) is 6. The van der Waals surface area contributed by atoms with Crippen molar-refractivity contribution in [1.29, 1.82) is 0 Å². The van der Waals surface area contributed by atoms with Gasteiger partial charge in [-0.3, -0.25) is 4.68 Å². The van der Waals surface area contributed by atoms with E-state index in [1.807, 2.05) is 48.4 Å². The van der Waals surface area contributed by atoms with E-state index >= 15 is 0 Å². The monoisotopic (exact) mass is 372 g/mol. The average molecular weight is 372 g/mol. The van der Waals surface area contributed by atoms with E-state index in [4.69, 9.17) is 5.10 Å². The Morgan fingerprint density at radius 2 is 2.00 bits per heavy atom. The molecule has 0 radical (unpaired) electrons. The van der Waals surface area contributed by atoms with Crippen LogP contribution in [-0.4, -0.2) is 29.4 Å². The van der Waals surface area contributed by atoms with Crippen LogP contribution in [0.3, 0.4) is 0 Å². The number of hydrogen-bond donors (Lipinski definition) is 0. The molecule has 5 rings (SSSR count). The molecule has 0 unspecified atom stereocenters. The second kappa shape index (κ2) is 6.44. The van der Waals surface area contributed by atoms with Crippen LogP contribution in [0.4, 0.5) is 0 Å². The Morgan fingerprint density at radius 1 is 1.07 bits per heavy atom. The minimum absolute atomic E-state index is 0.691. The summed E-state index contributed by atoms with van der Waals surface area (Å²) in [6, 6.07) is 12.2. The van der Waals surface area contributed by atoms with Gasteiger partial charge in [0.15, 0.2) is 5.65 Å². The lowest BCUT2D eigenvalue weighted by Crippen LogP contribution is -2.00. The maximum atomic E-state index is 4.72. The summed E-state index contributed by atoms with van der Waals surface area (Å²) in [6.45, 7) is 2.70. The molecule has 0 aliphatic carbocycles. The van der Waals surface area contributed by atoms with Crippen LogP contribution in [0.5, 0.6) is 0 Å². The minimum Gasteiger partial charge on any atom is -0.265 e. The second-order valence-electron chi connectivity index (χ2n) is 6.31. The van der Waals surface area contributed by atoms with Crippen molar-refractivity contribution in [1.82, 2.24) is 29.4 Å². The third-order valence-corrected chi connectivity index (χ3v) is 5.30. The SMILES string of the molecule is Cc1csc(Cn2ccc(-c3cccc(-c4cnn5cccnc45)c3)n2)n1. The molecule has 4 heterocycles. The number of benzene rings is 1. The zero-order chi connectivity index (χ0) is 18.2. The number of aryl methyl sites for hydroxylation is 1. The molecular weight excluding hydrogens is 356 g/mol. The second-order valence-corrected chi connectivity index (χ2v) is 7.25. The zero-order valence-corrected chi connectivity index (χ0v) is 15.5. The quantitative estimate of drug-likeness (QED) is 0.477. The normalized spacial score (nSPS) is 11.3. The fourth-order valence-electron chi connectivity index (χ4n) is 3.09. The molecule has 4 aromatic heterocycles. The van der Waals surface area contributed by atoms with Crippen LogP contribution in [-0.2, 0) is 6.54 Å². The minimum atomic E-state index is 0.691. The van der Waals surface area contributed by atoms with Crippen molar-refractivity contribution in [2.75, 3.05) is 0 Å². The molecule has 0 aliphatic rings. The van der Waals surface area contributed by atoms with Crippen molar-refractivity contribution in [2.45, 2.75) is 13.5 Å². The highest BCUT2D eigenvalue weighted by atomic mass is 32.1. The lowest BCUT2D eigenvalue weighted by molar-refractivity contribution is 0.684. The maximum absolute atomic E-state index is 4.72. The third kappa shape index (κ3) is 3.02. The summed E-state index contributed by atoms with van der Waals surface area (Å²) in [6.07, 6.45) is 7.53. The van der Waals surface area contributed by atoms with E-state index in [2.05, 4.69) is 38.6 Å². The summed E-state index contributed by atoms with van der Waals surface area (Å²) in [5, 5.41) is 12.2. The van der Waals surface area contributed by atoms with E-state index in [9.17, 15) is 0 Å². The molecule has 0 aliphatic heterocycles. The summed E-state index contributed by atoms with van der Waals surface area (Å²) in [5.41, 5.74) is 5.99. The van der Waals surface area contributed by atoms with Crippen molar-refractivity contribution < 1.29 is 0 Å². The van der Waals surface area contributed by atoms with Crippen LogP contribution in [0.15, 0.2) is 66.6 Å². The molecule has 7 heteroatoms. The molecule has 5 aromatic rings. The van der Waals surface area contributed by atoms with E-state index in [0.717, 1.165) is 38.7 Å². The number of hydrogen-bond acceptors (Lipinski definition) is 5. The molecule has 0 atom stereocenters. The van der Waals surface area contributed by atoms with Gasteiger partial charge in [-0.05, 0) is 30.7 Å². The molecule has 27 heavy (non-hydrogen) atoms. The first-order valence-corrected chi connectivity index (χ1v) is 9.48. The van der Waals surface area contributed by atoms with Gasteiger partial charge in [0.05, 0.1) is 18.4 Å². The van der Waals surface area contributed by atoms with E-state index in [0.29, 0.717) is 6.54 Å². The molecule has 6 nitrogen and oxygen atoms in total. The summed E-state index contributed by atoms with van der Waals surface area (Å²) in [7, 11) is 0. The van der Waals surface area contributed by atoms with Crippen LogP contribution in [0.2, 0.25) is 0 Å². The Balaban J connectivity index is 1.47. The van der Waals surface area contributed by atoms with Gasteiger partial charge in [0, 0.05) is 40.8 Å². The molecule has 0 saturated heterocycles. The topological polar surface area (TPSA) is 60.9 Å². The van der Waals surface area contributed by atoms with E-state index in [-0.39, 0.29) is 0 Å². The Hall–Kier alpha value is -3.32. The summed E-state index contributed by atoms with van der Waals surface area (Å²) < 4.78 is 3.71. The van der Waals surface area contributed by atoms with Gasteiger partial charge in [-0.25, -0.2) is 14.5 Å². The Kier molecular flexibility index (Phi) is 3.79. The zero-order valence-electron chi connectivity index (χ0n) is 14.6. The molecule has 132 valence electrons. The number of fused-ring (bicyclic) bond motifs is 1. The molecule has 1 aromatic carbocycles. The summed E-state index contributed by atoms with van der Waals surface area (Å²) in [4.78, 5) is 8.95. The molecule has 0 spiro atoms. The summed E-state index contributed by atoms with van der Waals surface area (Å²) >= 11 is 1.66. The first-order valence-electron chi connectivity index (χ1n) is 8.60. The van der Waals surface area contributed by atoms with Gasteiger partial charge in [-0.15, -0.1) is 11.3 Å². The van der Waals surface area contributed by atoms with Crippen molar-refractivity contribution in [2.24, 2.45) is 0 Å². The smallest absolute Gasteiger partial charge is 0.162 e. The highest BCUT2D eigenvalue weighted by Gasteiger charge is 2.10. The van der Waals surface area contributed by atoms with Crippen molar-refractivity contribution in [3.8, 4) is 22.4 Å². The fourth-order valence-corrected chi connectivity index (χ4v) is 3.86. The van der Waals surface area contributed by atoms with Crippen LogP contribution < -0.4 is 0 Å². The molecule has 0 saturated carbocycles. The fraction of sp³-hybridized carbons (Fsp3) is 0.100. The number of thiazole rings is 1. The van der Waals surface area contributed by atoms with E-state index in [1.54, 1.807) is 22.0 Å². The van der Waals surface area contributed by atoms with Crippen molar-refractivity contribution in [3.05, 3.63) is 77.3 Å². The number of aromatic nitrogens is 6. The van der Waals surface area contributed by atoms with Gasteiger partial charge < -0.3 is 0 Å². The van der Waals surface area contributed by atoms with E-state index < -0.39 is 0 Å². The van der Waals surface area contributed by atoms with Gasteiger partial charge >= 0.3 is 0 Å². The molecule has 0 amide bonds. The Labute approximate surface area is 159 Å². The predicted molar refractivity (Wildman–Crippen MR) is 106 cm³/mol. The van der Waals surface area contributed by atoms with Gasteiger partial charge in [0.25, 0.3) is 0 Å². The largest absolute Gasteiger partial charge is 0.265 e. The average Bonchev–Trinajstić information content (AvgIpc) is 3.42. The van der Waals surface area contributed by atoms with Crippen LogP contribution in [0.1, 0.15) is 10.7 Å². The van der Waals surface area contributed by atoms with Crippen LogP contribution in [0.25, 0.3) is 28.0 Å². The molecular formula is C20H16N6S. The number of rotatable bonds is 4. The Morgan fingerprint density at radius 3 is 2.89 bits per heavy atom. The van der Waals surface area contributed by atoms with Gasteiger partial charge in [-0.2, -0.15) is 10.2 Å². The predicted octanol–water partition coefficient (Wildman–Crippen LogP) is 4.07. The first-order chi connectivity index (χ1) is 13.3. The lowest BCUT2D eigenvalue weighted by Gasteiger charge is -2.03. The standard InChI is InChI=1S/C20H16N6S/c1-14-13-27-19(23-14)12-25-9-6-18(24-25)16-5-2-4-15(10-16)17-11-22-26-8-3-7-21-20(17)26/h2-11,13H,12H2,1H3. The third-order valence-electron chi connectivity index (χ3n) is 4.35. The Bertz CT molecular complexity index is 1230. The summed E-state index contributed by atoms with van der Waals surface area (Å²) in [5.74, 6) is 0. The van der Waals surface area contributed by atoms with Crippen LogP contribution >= 0.6 is 11.3 Å². The van der Waals surface area contributed by atoms with Crippen molar-refractivity contribution >= 4 is 17.0 Å². The molecule has 0 bridgehead atoms. The molecule has 0 fully saturated rings. The first kappa shape index (κ1) is 15.9. The molecule has 0 N–H and O–H groups in total. The maximum Gasteiger partial charge on any atom is 0.162 e. The van der Waals surface area contributed by atoms with Gasteiger partial charge in [0.2, 0.25) is 0 Å². The highest BCUT2D eigenvalue weighted by Crippen LogP contribution is 2.27.